The highest BCUT2D eigenvalue weighted by atomic mass is 32.2. The molecule has 0 saturated carbocycles. The van der Waals surface area contributed by atoms with Crippen molar-refractivity contribution in [2.24, 2.45) is 0 Å². The fourth-order valence-electron chi connectivity index (χ4n) is 3.79. The maximum Gasteiger partial charge on any atom is 0.256 e. The van der Waals surface area contributed by atoms with Crippen molar-refractivity contribution in [1.82, 2.24) is 24.6 Å². The first kappa shape index (κ1) is 21.9. The molecule has 0 fully saturated rings. The van der Waals surface area contributed by atoms with E-state index in [9.17, 15) is 13.2 Å². The average molecular weight is 455 g/mol. The summed E-state index contributed by atoms with van der Waals surface area (Å²) < 4.78 is 24.8. The number of hydrogen-bond donors (Lipinski definition) is 1. The highest BCUT2D eigenvalue weighted by molar-refractivity contribution is 7.90. The Balaban J connectivity index is 1.55. The van der Waals surface area contributed by atoms with Crippen LogP contribution in [0.15, 0.2) is 42.7 Å². The summed E-state index contributed by atoms with van der Waals surface area (Å²) in [6, 6.07) is 11.5. The zero-order valence-electron chi connectivity index (χ0n) is 18.3. The Morgan fingerprint density at radius 2 is 1.94 bits per heavy atom. The molecular formula is C22H26N6O3S. The Kier molecular flexibility index (Phi) is 5.96. The van der Waals surface area contributed by atoms with Crippen LogP contribution in [0.3, 0.4) is 0 Å². The molecule has 1 amide bonds. The quantitative estimate of drug-likeness (QED) is 0.557. The summed E-state index contributed by atoms with van der Waals surface area (Å²) in [6.07, 6.45) is 3.31. The van der Waals surface area contributed by atoms with Crippen molar-refractivity contribution in [3.63, 3.8) is 0 Å². The average Bonchev–Trinajstić information content (AvgIpc) is 3.34. The van der Waals surface area contributed by atoms with Gasteiger partial charge in [-0.2, -0.15) is 0 Å². The highest BCUT2D eigenvalue weighted by Crippen LogP contribution is 2.31. The van der Waals surface area contributed by atoms with E-state index in [2.05, 4.69) is 34.3 Å². The second-order valence-corrected chi connectivity index (χ2v) is 10.5. The molecule has 3 heterocycles. The monoisotopic (exact) mass is 454 g/mol. The van der Waals surface area contributed by atoms with E-state index in [1.54, 1.807) is 11.2 Å². The van der Waals surface area contributed by atoms with E-state index in [1.165, 1.54) is 6.26 Å². The number of sulfone groups is 1. The number of anilines is 2. The van der Waals surface area contributed by atoms with Crippen LogP contribution in [0.5, 0.6) is 0 Å². The number of nitrogens with one attached hydrogen (secondary N) is 1. The van der Waals surface area contributed by atoms with Gasteiger partial charge in [-0.25, -0.2) is 13.4 Å². The molecule has 10 heteroatoms. The maximum absolute atomic E-state index is 13.0. The SMILES string of the molecule is CC(C)n1cnnc1-c1cccc(Nc2cccc3c2C(=O)N(CCCS(C)(=O)=O)C3)n1. The highest BCUT2D eigenvalue weighted by Gasteiger charge is 2.29. The van der Waals surface area contributed by atoms with Gasteiger partial charge < -0.3 is 14.8 Å². The topological polar surface area (TPSA) is 110 Å². The normalized spacial score (nSPS) is 13.6. The molecule has 4 rings (SSSR count). The molecule has 168 valence electrons. The number of rotatable bonds is 8. The lowest BCUT2D eigenvalue weighted by molar-refractivity contribution is 0.0779. The maximum atomic E-state index is 13.0. The number of amides is 1. The Bertz CT molecular complexity index is 1250. The van der Waals surface area contributed by atoms with Gasteiger partial charge in [0.1, 0.15) is 27.7 Å². The van der Waals surface area contributed by atoms with Gasteiger partial charge in [0.2, 0.25) is 0 Å². The van der Waals surface area contributed by atoms with Gasteiger partial charge in [-0.05, 0) is 44.0 Å². The Morgan fingerprint density at radius 1 is 1.16 bits per heavy atom. The van der Waals surface area contributed by atoms with Gasteiger partial charge in [0.05, 0.1) is 17.0 Å². The molecule has 0 radical (unpaired) electrons. The number of aromatic nitrogens is 4. The van der Waals surface area contributed by atoms with E-state index in [-0.39, 0.29) is 17.7 Å². The number of carbonyl (C=O) groups excluding carboxylic acids is 1. The molecule has 9 nitrogen and oxygen atoms in total. The molecular weight excluding hydrogens is 428 g/mol. The minimum absolute atomic E-state index is 0.0654. The Morgan fingerprint density at radius 3 is 2.69 bits per heavy atom. The van der Waals surface area contributed by atoms with Crippen LogP contribution in [-0.4, -0.2) is 57.5 Å². The smallest absolute Gasteiger partial charge is 0.256 e. The van der Waals surface area contributed by atoms with Crippen LogP contribution in [0.4, 0.5) is 11.5 Å². The van der Waals surface area contributed by atoms with Crippen molar-refractivity contribution in [1.29, 1.82) is 0 Å². The molecule has 1 N–H and O–H groups in total. The van der Waals surface area contributed by atoms with E-state index in [0.29, 0.717) is 48.1 Å². The largest absolute Gasteiger partial charge is 0.340 e. The van der Waals surface area contributed by atoms with Crippen LogP contribution < -0.4 is 5.32 Å². The second-order valence-electron chi connectivity index (χ2n) is 8.24. The van der Waals surface area contributed by atoms with Crippen LogP contribution in [0.25, 0.3) is 11.5 Å². The summed E-state index contributed by atoms with van der Waals surface area (Å²) in [5.74, 6) is 1.23. The lowest BCUT2D eigenvalue weighted by atomic mass is 10.1. The fourth-order valence-corrected chi connectivity index (χ4v) is 4.45. The summed E-state index contributed by atoms with van der Waals surface area (Å²) >= 11 is 0. The van der Waals surface area contributed by atoms with E-state index in [1.807, 2.05) is 41.0 Å². The van der Waals surface area contributed by atoms with Crippen LogP contribution >= 0.6 is 0 Å². The van der Waals surface area contributed by atoms with Crippen LogP contribution in [0.1, 0.15) is 42.2 Å². The van der Waals surface area contributed by atoms with Crippen molar-refractivity contribution in [2.75, 3.05) is 23.9 Å². The molecule has 2 aromatic heterocycles. The predicted molar refractivity (Wildman–Crippen MR) is 122 cm³/mol. The predicted octanol–water partition coefficient (Wildman–Crippen LogP) is 3.06. The van der Waals surface area contributed by atoms with Gasteiger partial charge >= 0.3 is 0 Å². The van der Waals surface area contributed by atoms with Gasteiger partial charge in [-0.3, -0.25) is 4.79 Å². The Labute approximate surface area is 187 Å². The van der Waals surface area contributed by atoms with Crippen molar-refractivity contribution in [2.45, 2.75) is 32.9 Å². The molecule has 0 atom stereocenters. The lowest BCUT2D eigenvalue weighted by Gasteiger charge is -2.15. The van der Waals surface area contributed by atoms with Crippen molar-refractivity contribution in [3.8, 4) is 11.5 Å². The summed E-state index contributed by atoms with van der Waals surface area (Å²) in [5.41, 5.74) is 2.87. The number of pyridine rings is 1. The molecule has 0 spiro atoms. The van der Waals surface area contributed by atoms with Gasteiger partial charge in [-0.15, -0.1) is 10.2 Å². The van der Waals surface area contributed by atoms with Gasteiger partial charge in [0, 0.05) is 25.4 Å². The minimum atomic E-state index is -3.05. The third-order valence-corrected chi connectivity index (χ3v) is 6.36. The third kappa shape index (κ3) is 4.64. The second kappa shape index (κ2) is 8.70. The molecule has 1 aliphatic heterocycles. The van der Waals surface area contributed by atoms with Crippen LogP contribution in [0.2, 0.25) is 0 Å². The Hall–Kier alpha value is -3.27. The summed E-state index contributed by atoms with van der Waals surface area (Å²) in [4.78, 5) is 19.4. The zero-order chi connectivity index (χ0) is 22.9. The molecule has 0 bridgehead atoms. The molecule has 32 heavy (non-hydrogen) atoms. The number of benzene rings is 1. The van der Waals surface area contributed by atoms with Gasteiger partial charge in [0.15, 0.2) is 5.82 Å². The molecule has 1 aliphatic rings. The number of nitrogens with zero attached hydrogens (tertiary/aromatic N) is 5. The molecule has 3 aromatic rings. The minimum Gasteiger partial charge on any atom is -0.340 e. The zero-order valence-corrected chi connectivity index (χ0v) is 19.1. The summed E-state index contributed by atoms with van der Waals surface area (Å²) in [6.45, 7) is 4.97. The van der Waals surface area contributed by atoms with Crippen LogP contribution in [-0.2, 0) is 16.4 Å². The number of fused-ring (bicyclic) bond motifs is 1. The van der Waals surface area contributed by atoms with E-state index >= 15 is 0 Å². The van der Waals surface area contributed by atoms with Crippen LogP contribution in [0, 0.1) is 0 Å². The molecule has 0 saturated heterocycles. The molecule has 0 aliphatic carbocycles. The van der Waals surface area contributed by atoms with Gasteiger partial charge in [0.25, 0.3) is 5.91 Å². The molecule has 1 aromatic carbocycles. The van der Waals surface area contributed by atoms with E-state index in [4.69, 9.17) is 0 Å². The van der Waals surface area contributed by atoms with E-state index < -0.39 is 9.84 Å². The first-order chi connectivity index (χ1) is 15.2. The van der Waals surface area contributed by atoms with Crippen molar-refractivity contribution in [3.05, 3.63) is 53.9 Å². The summed E-state index contributed by atoms with van der Waals surface area (Å²) in [7, 11) is -3.05. The lowest BCUT2D eigenvalue weighted by Crippen LogP contribution is -2.26. The summed E-state index contributed by atoms with van der Waals surface area (Å²) in [5, 5.41) is 11.5. The van der Waals surface area contributed by atoms with Gasteiger partial charge in [-0.1, -0.05) is 18.2 Å². The van der Waals surface area contributed by atoms with E-state index in [0.717, 1.165) is 5.56 Å². The first-order valence-electron chi connectivity index (χ1n) is 10.5. The number of hydrogen-bond acceptors (Lipinski definition) is 7. The first-order valence-corrected chi connectivity index (χ1v) is 12.5. The standard InChI is InChI=1S/C22H26N6O3S/c1-15(2)28-14-23-26-21(28)18-9-5-10-19(25-18)24-17-8-4-7-16-13-27(22(29)20(16)17)11-6-12-32(3,30)31/h4-5,7-10,14-15H,6,11-13H2,1-3H3,(H,24,25). The van der Waals surface area contributed by atoms with Crippen molar-refractivity contribution < 1.29 is 13.2 Å². The third-order valence-electron chi connectivity index (χ3n) is 5.33. The fraction of sp³-hybridized carbons (Fsp3) is 0.364. The van der Waals surface area contributed by atoms with Crippen molar-refractivity contribution >= 4 is 27.2 Å². The number of carbonyl (C=O) groups is 1. The molecule has 0 unspecified atom stereocenters.